The zero-order valence-corrected chi connectivity index (χ0v) is 15.6. The molecule has 0 aromatic heterocycles. The number of carbonyl (C=O) groups excluding carboxylic acids is 2. The molecule has 6 nitrogen and oxygen atoms in total. The van der Waals surface area contributed by atoms with Gasteiger partial charge in [-0.05, 0) is 31.2 Å². The molecule has 2 aromatic rings. The Morgan fingerprint density at radius 1 is 1.15 bits per heavy atom. The predicted octanol–water partition coefficient (Wildman–Crippen LogP) is 3.42. The van der Waals surface area contributed by atoms with Crippen molar-refractivity contribution in [1.29, 1.82) is 0 Å². The van der Waals surface area contributed by atoms with Crippen molar-refractivity contribution in [1.82, 2.24) is 5.32 Å². The Morgan fingerprint density at radius 2 is 1.88 bits per heavy atom. The van der Waals surface area contributed by atoms with Gasteiger partial charge in [-0.3, -0.25) is 4.79 Å². The normalized spacial score (nSPS) is 11.5. The second kappa shape index (κ2) is 9.22. The summed E-state index contributed by atoms with van der Waals surface area (Å²) in [6, 6.07) is 12.1. The van der Waals surface area contributed by atoms with E-state index >= 15 is 0 Å². The van der Waals surface area contributed by atoms with Gasteiger partial charge in [0.15, 0.2) is 0 Å². The monoisotopic (exact) mass is 376 g/mol. The lowest BCUT2D eigenvalue weighted by atomic mass is 10.1. The van der Waals surface area contributed by atoms with Gasteiger partial charge >= 0.3 is 5.97 Å². The quantitative estimate of drug-likeness (QED) is 0.724. The van der Waals surface area contributed by atoms with E-state index in [9.17, 15) is 9.59 Å². The third kappa shape index (κ3) is 4.97. The first kappa shape index (κ1) is 19.8. The van der Waals surface area contributed by atoms with Crippen LogP contribution < -0.4 is 15.4 Å². The van der Waals surface area contributed by atoms with E-state index in [2.05, 4.69) is 15.4 Å². The van der Waals surface area contributed by atoms with E-state index in [4.69, 9.17) is 16.3 Å². The maximum atomic E-state index is 12.2. The maximum Gasteiger partial charge on any atom is 0.337 e. The lowest BCUT2D eigenvalue weighted by Gasteiger charge is -2.17. The average molecular weight is 377 g/mol. The zero-order chi connectivity index (χ0) is 19.1. The fraction of sp³-hybridized carbons (Fsp3) is 0.263. The number of hydrogen-bond acceptors (Lipinski definition) is 5. The number of halogens is 1. The summed E-state index contributed by atoms with van der Waals surface area (Å²) in [5.74, 6) is -0.0301. The molecule has 138 valence electrons. The Morgan fingerprint density at radius 3 is 2.58 bits per heavy atom. The summed E-state index contributed by atoms with van der Waals surface area (Å²) in [7, 11) is 2.90. The molecule has 1 atom stereocenters. The topological polar surface area (TPSA) is 76.7 Å². The van der Waals surface area contributed by atoms with Gasteiger partial charge < -0.3 is 20.1 Å². The molecule has 0 aliphatic heterocycles. The van der Waals surface area contributed by atoms with E-state index < -0.39 is 5.97 Å². The Labute approximate surface area is 157 Å². The van der Waals surface area contributed by atoms with E-state index in [0.29, 0.717) is 16.3 Å². The van der Waals surface area contributed by atoms with E-state index in [0.717, 1.165) is 11.3 Å². The van der Waals surface area contributed by atoms with Crippen LogP contribution in [0.4, 0.5) is 5.69 Å². The number of hydrogen-bond donors (Lipinski definition) is 2. The SMILES string of the molecule is COC(=O)c1ccc(Cl)c(NC(=O)CNC(C)c2ccccc2OC)c1. The first-order chi connectivity index (χ1) is 12.5. The van der Waals surface area contributed by atoms with Gasteiger partial charge in [0, 0.05) is 11.6 Å². The van der Waals surface area contributed by atoms with Gasteiger partial charge in [-0.2, -0.15) is 0 Å². The van der Waals surface area contributed by atoms with E-state index in [1.54, 1.807) is 7.11 Å². The van der Waals surface area contributed by atoms with Crippen LogP contribution in [-0.2, 0) is 9.53 Å². The van der Waals surface area contributed by atoms with E-state index in [1.807, 2.05) is 31.2 Å². The molecule has 0 bridgehead atoms. The van der Waals surface area contributed by atoms with Crippen LogP contribution in [0.15, 0.2) is 42.5 Å². The van der Waals surface area contributed by atoms with Crippen LogP contribution in [0.3, 0.4) is 0 Å². The molecule has 26 heavy (non-hydrogen) atoms. The number of anilines is 1. The molecule has 2 N–H and O–H groups in total. The molecule has 0 saturated carbocycles. The minimum absolute atomic E-state index is 0.0675. The van der Waals surface area contributed by atoms with Gasteiger partial charge in [0.25, 0.3) is 0 Å². The largest absolute Gasteiger partial charge is 0.496 e. The van der Waals surface area contributed by atoms with Crippen LogP contribution in [0.5, 0.6) is 5.75 Å². The van der Waals surface area contributed by atoms with Crippen LogP contribution in [0, 0.1) is 0 Å². The highest BCUT2D eigenvalue weighted by Crippen LogP contribution is 2.25. The number of nitrogens with one attached hydrogen (secondary N) is 2. The van der Waals surface area contributed by atoms with Gasteiger partial charge in [-0.15, -0.1) is 0 Å². The lowest BCUT2D eigenvalue weighted by molar-refractivity contribution is -0.115. The minimum Gasteiger partial charge on any atom is -0.496 e. The van der Waals surface area contributed by atoms with Crippen molar-refractivity contribution in [3.8, 4) is 5.75 Å². The molecule has 7 heteroatoms. The molecule has 1 unspecified atom stereocenters. The molecule has 0 aliphatic carbocycles. The fourth-order valence-electron chi connectivity index (χ4n) is 2.44. The minimum atomic E-state index is -0.500. The van der Waals surface area contributed by atoms with Gasteiger partial charge in [-0.25, -0.2) is 4.79 Å². The number of amides is 1. The van der Waals surface area contributed by atoms with E-state index in [1.165, 1.54) is 25.3 Å². The Kier molecular flexibility index (Phi) is 7.00. The number of para-hydroxylation sites is 1. The summed E-state index contributed by atoms with van der Waals surface area (Å²) in [6.07, 6.45) is 0. The van der Waals surface area contributed by atoms with Crippen molar-refractivity contribution >= 4 is 29.2 Å². The van der Waals surface area contributed by atoms with Crippen LogP contribution >= 0.6 is 11.6 Å². The Bertz CT molecular complexity index is 795. The molecule has 2 rings (SSSR count). The van der Waals surface area contributed by atoms with Gasteiger partial charge in [0.1, 0.15) is 5.75 Å². The van der Waals surface area contributed by atoms with Crippen molar-refractivity contribution in [2.45, 2.75) is 13.0 Å². The summed E-state index contributed by atoms with van der Waals surface area (Å²) >= 11 is 6.08. The Hall–Kier alpha value is -2.57. The van der Waals surface area contributed by atoms with Crippen molar-refractivity contribution in [2.24, 2.45) is 0 Å². The molecule has 0 saturated heterocycles. The van der Waals surface area contributed by atoms with Crippen LogP contribution in [0.25, 0.3) is 0 Å². The molecule has 0 aliphatic rings. The van der Waals surface area contributed by atoms with Crippen molar-refractivity contribution in [3.05, 3.63) is 58.6 Å². The first-order valence-electron chi connectivity index (χ1n) is 8.00. The average Bonchev–Trinajstić information content (AvgIpc) is 2.67. The third-order valence-corrected chi connectivity index (χ3v) is 4.17. The summed E-state index contributed by atoms with van der Waals surface area (Å²) in [5, 5.41) is 6.16. The maximum absolute atomic E-state index is 12.2. The molecule has 0 spiro atoms. The summed E-state index contributed by atoms with van der Waals surface area (Å²) < 4.78 is 10.00. The standard InChI is InChI=1S/C19H21ClN2O4/c1-12(14-6-4-5-7-17(14)25-2)21-11-18(23)22-16-10-13(19(24)26-3)8-9-15(16)20/h4-10,12,21H,11H2,1-3H3,(H,22,23). The number of rotatable bonds is 7. The van der Waals surface area contributed by atoms with Crippen molar-refractivity contribution in [2.75, 3.05) is 26.1 Å². The molecular weight excluding hydrogens is 356 g/mol. The fourth-order valence-corrected chi connectivity index (χ4v) is 2.60. The highest BCUT2D eigenvalue weighted by atomic mass is 35.5. The van der Waals surface area contributed by atoms with Gasteiger partial charge in [-0.1, -0.05) is 29.8 Å². The third-order valence-electron chi connectivity index (χ3n) is 3.84. The highest BCUT2D eigenvalue weighted by molar-refractivity contribution is 6.33. The Balaban J connectivity index is 2.00. The summed E-state index contributed by atoms with van der Waals surface area (Å²) in [4.78, 5) is 23.8. The number of ether oxygens (including phenoxy) is 2. The lowest BCUT2D eigenvalue weighted by Crippen LogP contribution is -2.30. The number of esters is 1. The first-order valence-corrected chi connectivity index (χ1v) is 8.38. The molecule has 0 radical (unpaired) electrons. The second-order valence-electron chi connectivity index (χ2n) is 5.58. The number of carbonyl (C=O) groups is 2. The molecule has 0 fully saturated rings. The predicted molar refractivity (Wildman–Crippen MR) is 101 cm³/mol. The zero-order valence-electron chi connectivity index (χ0n) is 14.8. The van der Waals surface area contributed by atoms with Crippen molar-refractivity contribution in [3.63, 3.8) is 0 Å². The molecule has 0 heterocycles. The number of methoxy groups -OCH3 is 2. The van der Waals surface area contributed by atoms with Gasteiger partial charge in [0.05, 0.1) is 37.0 Å². The van der Waals surface area contributed by atoms with E-state index in [-0.39, 0.29) is 18.5 Å². The smallest absolute Gasteiger partial charge is 0.337 e. The van der Waals surface area contributed by atoms with Crippen LogP contribution in [0.2, 0.25) is 5.02 Å². The summed E-state index contributed by atoms with van der Waals surface area (Å²) in [6.45, 7) is 2.01. The summed E-state index contributed by atoms with van der Waals surface area (Å²) in [5.41, 5.74) is 1.61. The number of benzene rings is 2. The molecule has 2 aromatic carbocycles. The molecular formula is C19H21ClN2O4. The van der Waals surface area contributed by atoms with Gasteiger partial charge in [0.2, 0.25) is 5.91 Å². The van der Waals surface area contributed by atoms with Crippen LogP contribution in [0.1, 0.15) is 28.9 Å². The molecule has 1 amide bonds. The highest BCUT2D eigenvalue weighted by Gasteiger charge is 2.14. The van der Waals surface area contributed by atoms with Crippen molar-refractivity contribution < 1.29 is 19.1 Å². The van der Waals surface area contributed by atoms with Crippen LogP contribution in [-0.4, -0.2) is 32.6 Å². The second-order valence-corrected chi connectivity index (χ2v) is 5.99.